The summed E-state index contributed by atoms with van der Waals surface area (Å²) in [6, 6.07) is 9.88. The lowest BCUT2D eigenvalue weighted by atomic mass is 10.1. The van der Waals surface area contributed by atoms with Crippen LogP contribution < -0.4 is 10.6 Å². The second-order valence-electron chi connectivity index (χ2n) is 4.86. The molecule has 2 rings (SSSR count). The van der Waals surface area contributed by atoms with E-state index < -0.39 is 0 Å². The van der Waals surface area contributed by atoms with Crippen LogP contribution in [0.15, 0.2) is 30.3 Å². The Bertz CT molecular complexity index is 373. The largest absolute Gasteiger partial charge is 0.330 e. The Morgan fingerprint density at radius 2 is 2.06 bits per heavy atom. The normalized spacial score (nSPS) is 16.6. The quantitative estimate of drug-likeness (QED) is 0.844. The molecule has 1 unspecified atom stereocenters. The first-order valence-electron chi connectivity index (χ1n) is 6.29. The first-order chi connectivity index (χ1) is 8.22. The lowest BCUT2D eigenvalue weighted by Crippen LogP contribution is -2.39. The van der Waals surface area contributed by atoms with Crippen molar-refractivity contribution in [3.8, 4) is 0 Å². The third-order valence-corrected chi connectivity index (χ3v) is 3.25. The van der Waals surface area contributed by atoms with Crippen LogP contribution in [0.2, 0.25) is 0 Å². The Hall–Kier alpha value is -1.35. The first-order valence-corrected chi connectivity index (χ1v) is 6.29. The van der Waals surface area contributed by atoms with Gasteiger partial charge in [-0.2, -0.15) is 0 Å². The van der Waals surface area contributed by atoms with Crippen molar-refractivity contribution in [2.75, 3.05) is 18.0 Å². The molecular formula is C14H20N2O. The molecule has 1 fully saturated rings. The van der Waals surface area contributed by atoms with Gasteiger partial charge in [-0.3, -0.25) is 4.79 Å². The maximum absolute atomic E-state index is 12.3. The van der Waals surface area contributed by atoms with Gasteiger partial charge < -0.3 is 10.6 Å². The number of carbonyl (C=O) groups excluding carboxylic acids is 1. The predicted molar refractivity (Wildman–Crippen MR) is 69.7 cm³/mol. The van der Waals surface area contributed by atoms with Crippen LogP contribution in [0.25, 0.3) is 0 Å². The third kappa shape index (κ3) is 3.07. The molecule has 1 saturated carbocycles. The zero-order chi connectivity index (χ0) is 12.3. The number of amides is 1. The SMILES string of the molecule is CC(CN)C(=O)N(CC1CC1)c1ccccc1. The number of hydrogen-bond acceptors (Lipinski definition) is 2. The number of carbonyl (C=O) groups is 1. The molecule has 3 heteroatoms. The molecule has 0 heterocycles. The van der Waals surface area contributed by atoms with Crippen LogP contribution >= 0.6 is 0 Å². The minimum Gasteiger partial charge on any atom is -0.330 e. The summed E-state index contributed by atoms with van der Waals surface area (Å²) in [7, 11) is 0. The highest BCUT2D eigenvalue weighted by atomic mass is 16.2. The summed E-state index contributed by atoms with van der Waals surface area (Å²) in [4.78, 5) is 14.2. The standard InChI is InChI=1S/C14H20N2O/c1-11(9-15)14(17)16(10-12-7-8-12)13-5-3-2-4-6-13/h2-6,11-12H,7-10,15H2,1H3. The van der Waals surface area contributed by atoms with Gasteiger partial charge in [-0.05, 0) is 30.9 Å². The molecule has 1 aromatic carbocycles. The summed E-state index contributed by atoms with van der Waals surface area (Å²) in [5.74, 6) is 0.726. The zero-order valence-corrected chi connectivity index (χ0v) is 10.3. The fraction of sp³-hybridized carbons (Fsp3) is 0.500. The molecule has 17 heavy (non-hydrogen) atoms. The molecule has 0 aromatic heterocycles. The van der Waals surface area contributed by atoms with Gasteiger partial charge in [-0.1, -0.05) is 25.1 Å². The molecule has 0 aliphatic heterocycles. The van der Waals surface area contributed by atoms with E-state index in [2.05, 4.69) is 0 Å². The Labute approximate surface area is 103 Å². The molecule has 0 bridgehead atoms. The lowest BCUT2D eigenvalue weighted by molar-refractivity contribution is -0.121. The van der Waals surface area contributed by atoms with Crippen molar-refractivity contribution in [3.05, 3.63) is 30.3 Å². The zero-order valence-electron chi connectivity index (χ0n) is 10.3. The van der Waals surface area contributed by atoms with Crippen LogP contribution in [-0.2, 0) is 4.79 Å². The van der Waals surface area contributed by atoms with E-state index in [0.29, 0.717) is 12.5 Å². The molecule has 1 amide bonds. The fourth-order valence-corrected chi connectivity index (χ4v) is 1.86. The summed E-state index contributed by atoms with van der Waals surface area (Å²) in [6.45, 7) is 3.14. The minimum absolute atomic E-state index is 0.103. The maximum Gasteiger partial charge on any atom is 0.231 e. The van der Waals surface area contributed by atoms with Crippen LogP contribution in [0.4, 0.5) is 5.69 Å². The van der Waals surface area contributed by atoms with Gasteiger partial charge in [0.2, 0.25) is 5.91 Å². The van der Waals surface area contributed by atoms with Crippen molar-refractivity contribution in [1.82, 2.24) is 0 Å². The van der Waals surface area contributed by atoms with Crippen molar-refractivity contribution in [3.63, 3.8) is 0 Å². The van der Waals surface area contributed by atoms with Gasteiger partial charge in [-0.15, -0.1) is 0 Å². The maximum atomic E-state index is 12.3. The van der Waals surface area contributed by atoms with E-state index in [1.165, 1.54) is 12.8 Å². The van der Waals surface area contributed by atoms with E-state index in [9.17, 15) is 4.79 Å². The van der Waals surface area contributed by atoms with Crippen molar-refractivity contribution < 1.29 is 4.79 Å². The molecule has 0 radical (unpaired) electrons. The van der Waals surface area contributed by atoms with Gasteiger partial charge in [0.05, 0.1) is 0 Å². The van der Waals surface area contributed by atoms with Crippen LogP contribution in [0.5, 0.6) is 0 Å². The van der Waals surface area contributed by atoms with Crippen LogP contribution in [0.3, 0.4) is 0 Å². The second kappa shape index (κ2) is 5.32. The summed E-state index contributed by atoms with van der Waals surface area (Å²) >= 11 is 0. The molecule has 0 spiro atoms. The Morgan fingerprint density at radius 3 is 2.59 bits per heavy atom. The van der Waals surface area contributed by atoms with E-state index >= 15 is 0 Å². The van der Waals surface area contributed by atoms with E-state index in [4.69, 9.17) is 5.73 Å². The summed E-state index contributed by atoms with van der Waals surface area (Å²) in [6.07, 6.45) is 2.49. The molecule has 1 aliphatic rings. The molecule has 0 saturated heterocycles. The summed E-state index contributed by atoms with van der Waals surface area (Å²) in [5.41, 5.74) is 6.58. The second-order valence-corrected chi connectivity index (χ2v) is 4.86. The van der Waals surface area contributed by atoms with Crippen molar-refractivity contribution in [1.29, 1.82) is 0 Å². The highest BCUT2D eigenvalue weighted by Gasteiger charge is 2.29. The van der Waals surface area contributed by atoms with Crippen LogP contribution in [0.1, 0.15) is 19.8 Å². The highest BCUT2D eigenvalue weighted by Crippen LogP contribution is 2.31. The molecule has 1 aliphatic carbocycles. The number of para-hydroxylation sites is 1. The monoisotopic (exact) mass is 232 g/mol. The minimum atomic E-state index is -0.103. The number of hydrogen-bond donors (Lipinski definition) is 1. The summed E-state index contributed by atoms with van der Waals surface area (Å²) < 4.78 is 0. The highest BCUT2D eigenvalue weighted by molar-refractivity contribution is 5.95. The smallest absolute Gasteiger partial charge is 0.231 e. The van der Waals surface area contributed by atoms with Gasteiger partial charge in [0.25, 0.3) is 0 Å². The Morgan fingerprint density at radius 1 is 1.41 bits per heavy atom. The predicted octanol–water partition coefficient (Wildman–Crippen LogP) is 2.02. The molecule has 1 aromatic rings. The molecule has 1 atom stereocenters. The van der Waals surface area contributed by atoms with Crippen molar-refractivity contribution in [2.45, 2.75) is 19.8 Å². The molecule has 3 nitrogen and oxygen atoms in total. The average Bonchev–Trinajstić information content (AvgIpc) is 3.19. The van der Waals surface area contributed by atoms with Gasteiger partial charge in [0, 0.05) is 24.7 Å². The Kier molecular flexibility index (Phi) is 3.79. The molecular weight excluding hydrogens is 212 g/mol. The van der Waals surface area contributed by atoms with Crippen molar-refractivity contribution >= 4 is 11.6 Å². The van der Waals surface area contributed by atoms with Gasteiger partial charge >= 0.3 is 0 Å². The van der Waals surface area contributed by atoms with Crippen LogP contribution in [-0.4, -0.2) is 19.0 Å². The number of anilines is 1. The first kappa shape index (κ1) is 12.1. The number of nitrogens with two attached hydrogens (primary N) is 1. The van der Waals surface area contributed by atoms with Crippen LogP contribution in [0, 0.1) is 11.8 Å². The number of nitrogens with zero attached hydrogens (tertiary/aromatic N) is 1. The Balaban J connectivity index is 2.15. The number of benzene rings is 1. The molecule has 2 N–H and O–H groups in total. The molecule has 92 valence electrons. The van der Waals surface area contributed by atoms with Gasteiger partial charge in [0.1, 0.15) is 0 Å². The summed E-state index contributed by atoms with van der Waals surface area (Å²) in [5, 5.41) is 0. The fourth-order valence-electron chi connectivity index (χ4n) is 1.86. The average molecular weight is 232 g/mol. The van der Waals surface area contributed by atoms with Gasteiger partial charge in [-0.25, -0.2) is 0 Å². The lowest BCUT2D eigenvalue weighted by Gasteiger charge is -2.25. The topological polar surface area (TPSA) is 46.3 Å². The van der Waals surface area contributed by atoms with E-state index in [1.807, 2.05) is 42.2 Å². The number of rotatable bonds is 5. The van der Waals surface area contributed by atoms with E-state index in [-0.39, 0.29) is 11.8 Å². The van der Waals surface area contributed by atoms with Gasteiger partial charge in [0.15, 0.2) is 0 Å². The van der Waals surface area contributed by atoms with Crippen molar-refractivity contribution in [2.24, 2.45) is 17.6 Å². The third-order valence-electron chi connectivity index (χ3n) is 3.25. The van der Waals surface area contributed by atoms with E-state index in [0.717, 1.165) is 12.2 Å². The van der Waals surface area contributed by atoms with E-state index in [1.54, 1.807) is 0 Å².